The topological polar surface area (TPSA) is 23.0 Å². The Morgan fingerprint density at radius 3 is 1.43 bits per heavy atom. The molecule has 0 bridgehead atoms. The lowest BCUT2D eigenvalue weighted by Crippen LogP contribution is -2.74. The molecule has 12 rings (SSSR count). The Bertz CT molecular complexity index is 3410. The van der Waals surface area contributed by atoms with Crippen molar-refractivity contribution in [2.75, 3.05) is 0 Å². The first kappa shape index (κ1) is 32.8. The summed E-state index contributed by atoms with van der Waals surface area (Å²) in [5, 5.41) is 12.5. The van der Waals surface area contributed by atoms with Crippen molar-refractivity contribution >= 4 is 94.4 Å². The molecule has 0 fully saturated rings. The Hall–Kier alpha value is -7.40. The van der Waals surface area contributed by atoms with Crippen LogP contribution in [0.25, 0.3) is 76.9 Å². The Morgan fingerprint density at radius 2 is 0.793 bits per heavy atom. The van der Waals surface area contributed by atoms with E-state index in [9.17, 15) is 0 Å². The van der Waals surface area contributed by atoms with Gasteiger partial charge in [0.1, 0.15) is 5.58 Å². The summed E-state index contributed by atoms with van der Waals surface area (Å²) in [6.45, 7) is 0. The first-order valence-electron chi connectivity index (χ1n) is 19.9. The fourth-order valence-electron chi connectivity index (χ4n) is 9.81. The molecule has 4 heteroatoms. The molecule has 3 nitrogen and oxygen atoms in total. The number of benzene rings is 9. The molecule has 0 saturated carbocycles. The van der Waals surface area contributed by atoms with Crippen molar-refractivity contribution < 1.29 is 4.42 Å². The van der Waals surface area contributed by atoms with Gasteiger partial charge in [0, 0.05) is 43.7 Å². The largest absolute Gasteiger partial charge is 0.454 e. The van der Waals surface area contributed by atoms with E-state index >= 15 is 0 Å². The van der Waals surface area contributed by atoms with E-state index in [0.29, 0.717) is 0 Å². The van der Waals surface area contributed by atoms with Gasteiger partial charge in [0.15, 0.2) is 13.7 Å². The van der Waals surface area contributed by atoms with Crippen molar-refractivity contribution in [2.45, 2.75) is 0 Å². The molecule has 0 amide bonds. The zero-order valence-electron chi connectivity index (χ0n) is 31.6. The van der Waals surface area contributed by atoms with Gasteiger partial charge in [0.2, 0.25) is 0 Å². The van der Waals surface area contributed by atoms with Gasteiger partial charge in [-0.05, 0) is 75.3 Å². The van der Waals surface area contributed by atoms with Gasteiger partial charge in [0.05, 0.1) is 22.1 Å². The van der Waals surface area contributed by atoms with E-state index in [1.807, 2.05) is 6.07 Å². The standard InChI is InChI=1S/C54H36N2OSi/c1-3-17-39(18-4-1)58(40-19-5-2-6-20-40,41-32-30-37(31-33-41)55-49-26-11-7-22-43(49)44-23-8-12-27-50(44)55)42-21-15-16-38(36-42)56-51-28-13-9-24-45(51)47-34-35-48-46-25-10-14-29-52(46)57-54(48)53(47)56/h1-36H. The van der Waals surface area contributed by atoms with E-state index < -0.39 is 8.07 Å². The zero-order chi connectivity index (χ0) is 38.2. The molecular weight excluding hydrogens is 721 g/mol. The predicted molar refractivity (Wildman–Crippen MR) is 246 cm³/mol. The van der Waals surface area contributed by atoms with Crippen LogP contribution in [0.1, 0.15) is 0 Å². The van der Waals surface area contributed by atoms with Gasteiger partial charge in [-0.15, -0.1) is 0 Å². The molecule has 9 aromatic carbocycles. The van der Waals surface area contributed by atoms with Crippen molar-refractivity contribution in [3.05, 3.63) is 218 Å². The maximum absolute atomic E-state index is 6.74. The normalized spacial score (nSPS) is 12.1. The average molecular weight is 757 g/mol. The molecule has 3 aromatic heterocycles. The molecular formula is C54H36N2OSi. The molecule has 0 saturated heterocycles. The fourth-order valence-corrected chi connectivity index (χ4v) is 14.6. The summed E-state index contributed by atoms with van der Waals surface area (Å²) in [6, 6.07) is 80.3. The van der Waals surface area contributed by atoms with E-state index in [1.165, 1.54) is 53.3 Å². The Balaban J connectivity index is 1.13. The summed E-state index contributed by atoms with van der Waals surface area (Å²) >= 11 is 0. The van der Waals surface area contributed by atoms with Gasteiger partial charge in [-0.3, -0.25) is 0 Å². The monoisotopic (exact) mass is 756 g/mol. The number of rotatable bonds is 6. The second kappa shape index (κ2) is 12.8. The Morgan fingerprint density at radius 1 is 0.310 bits per heavy atom. The van der Waals surface area contributed by atoms with Crippen LogP contribution in [0.4, 0.5) is 0 Å². The van der Waals surface area contributed by atoms with E-state index in [0.717, 1.165) is 44.3 Å². The van der Waals surface area contributed by atoms with Crippen LogP contribution in [-0.2, 0) is 0 Å². The molecule has 272 valence electrons. The highest BCUT2D eigenvalue weighted by atomic mass is 28.3. The highest BCUT2D eigenvalue weighted by Gasteiger charge is 2.41. The van der Waals surface area contributed by atoms with Crippen LogP contribution >= 0.6 is 0 Å². The molecule has 0 aliphatic carbocycles. The molecule has 0 N–H and O–H groups in total. The minimum atomic E-state index is -2.92. The lowest BCUT2D eigenvalue weighted by molar-refractivity contribution is 0.671. The summed E-state index contributed by atoms with van der Waals surface area (Å²) in [6.07, 6.45) is 0. The molecule has 12 aromatic rings. The third-order valence-corrected chi connectivity index (χ3v) is 17.0. The molecule has 0 aliphatic heterocycles. The van der Waals surface area contributed by atoms with Crippen LogP contribution in [0.15, 0.2) is 223 Å². The van der Waals surface area contributed by atoms with E-state index in [2.05, 4.69) is 221 Å². The van der Waals surface area contributed by atoms with E-state index in [4.69, 9.17) is 4.42 Å². The molecule has 0 aliphatic rings. The number of hydrogen-bond donors (Lipinski definition) is 0. The van der Waals surface area contributed by atoms with Gasteiger partial charge in [-0.2, -0.15) is 0 Å². The summed E-state index contributed by atoms with van der Waals surface area (Å²) < 4.78 is 11.6. The van der Waals surface area contributed by atoms with Crippen LogP contribution in [0.2, 0.25) is 0 Å². The number of hydrogen-bond acceptors (Lipinski definition) is 1. The molecule has 58 heavy (non-hydrogen) atoms. The lowest BCUT2D eigenvalue weighted by Gasteiger charge is -2.35. The number of aromatic nitrogens is 2. The Kier molecular flexibility index (Phi) is 7.25. The van der Waals surface area contributed by atoms with Crippen LogP contribution in [-0.4, -0.2) is 17.2 Å². The maximum atomic E-state index is 6.74. The van der Waals surface area contributed by atoms with Crippen LogP contribution in [0.3, 0.4) is 0 Å². The minimum Gasteiger partial charge on any atom is -0.454 e. The van der Waals surface area contributed by atoms with Gasteiger partial charge in [-0.1, -0.05) is 164 Å². The average Bonchev–Trinajstić information content (AvgIpc) is 3.96. The fraction of sp³-hybridized carbons (Fsp3) is 0. The smallest absolute Gasteiger partial charge is 0.179 e. The van der Waals surface area contributed by atoms with Crippen molar-refractivity contribution in [3.8, 4) is 11.4 Å². The second-order valence-electron chi connectivity index (χ2n) is 15.2. The van der Waals surface area contributed by atoms with Crippen molar-refractivity contribution in [2.24, 2.45) is 0 Å². The second-order valence-corrected chi connectivity index (χ2v) is 19.0. The van der Waals surface area contributed by atoms with Crippen LogP contribution in [0, 0.1) is 0 Å². The summed E-state index contributed by atoms with van der Waals surface area (Å²) in [7, 11) is -2.92. The first-order chi connectivity index (χ1) is 28.8. The summed E-state index contributed by atoms with van der Waals surface area (Å²) in [5.74, 6) is 0. The zero-order valence-corrected chi connectivity index (χ0v) is 32.6. The number of para-hydroxylation sites is 4. The molecule has 3 heterocycles. The highest BCUT2D eigenvalue weighted by molar-refractivity contribution is 7.19. The SMILES string of the molecule is c1ccc([Si](c2ccccc2)(c2ccc(-n3c4ccccc4c4ccccc43)cc2)c2cccc(-n3c4ccccc4c4ccc5c6ccccc6oc5c43)c2)cc1. The van der Waals surface area contributed by atoms with Gasteiger partial charge in [0.25, 0.3) is 0 Å². The minimum absolute atomic E-state index is 0.902. The van der Waals surface area contributed by atoms with E-state index in [1.54, 1.807) is 0 Å². The molecule has 0 radical (unpaired) electrons. The van der Waals surface area contributed by atoms with Crippen molar-refractivity contribution in [1.82, 2.24) is 9.13 Å². The first-order valence-corrected chi connectivity index (χ1v) is 21.9. The number of fused-ring (bicyclic) bond motifs is 10. The van der Waals surface area contributed by atoms with Gasteiger partial charge in [-0.25, -0.2) is 0 Å². The van der Waals surface area contributed by atoms with Crippen molar-refractivity contribution in [3.63, 3.8) is 0 Å². The van der Waals surface area contributed by atoms with E-state index in [-0.39, 0.29) is 0 Å². The molecule has 0 spiro atoms. The van der Waals surface area contributed by atoms with Gasteiger partial charge < -0.3 is 13.6 Å². The van der Waals surface area contributed by atoms with Crippen LogP contribution in [0.5, 0.6) is 0 Å². The summed E-state index contributed by atoms with van der Waals surface area (Å²) in [5.41, 5.74) is 8.75. The third-order valence-electron chi connectivity index (χ3n) is 12.3. The maximum Gasteiger partial charge on any atom is 0.179 e. The predicted octanol–water partition coefficient (Wildman–Crippen LogP) is 11.2. The van der Waals surface area contributed by atoms with Crippen molar-refractivity contribution in [1.29, 1.82) is 0 Å². The molecule has 0 unspecified atom stereocenters. The highest BCUT2D eigenvalue weighted by Crippen LogP contribution is 2.40. The van der Waals surface area contributed by atoms with Crippen LogP contribution < -0.4 is 20.7 Å². The van der Waals surface area contributed by atoms with Gasteiger partial charge >= 0.3 is 0 Å². The number of furan rings is 1. The quantitative estimate of drug-likeness (QED) is 0.122. The number of nitrogens with zero attached hydrogens (tertiary/aromatic N) is 2. The molecule has 0 atom stereocenters. The lowest BCUT2D eigenvalue weighted by atomic mass is 10.1. The third kappa shape index (κ3) is 4.67. The Labute approximate surface area is 336 Å². The summed E-state index contributed by atoms with van der Waals surface area (Å²) in [4.78, 5) is 0.